The molecule has 0 aliphatic heterocycles. The van der Waals surface area contributed by atoms with Crippen molar-refractivity contribution in [1.82, 2.24) is 0 Å². The van der Waals surface area contributed by atoms with Crippen molar-refractivity contribution in [2.45, 2.75) is 24.8 Å². The van der Waals surface area contributed by atoms with Crippen molar-refractivity contribution in [3.05, 3.63) is 0 Å². The second-order valence-corrected chi connectivity index (χ2v) is 3.92. The molecule has 0 saturated heterocycles. The minimum absolute atomic E-state index is 0.428. The van der Waals surface area contributed by atoms with E-state index in [2.05, 4.69) is 0 Å². The van der Waals surface area contributed by atoms with Crippen molar-refractivity contribution in [1.29, 1.82) is 0 Å². The smallest absolute Gasteiger partial charge is 0.170 e. The van der Waals surface area contributed by atoms with Crippen LogP contribution in [0.15, 0.2) is 0 Å². The highest BCUT2D eigenvalue weighted by Crippen LogP contribution is 2.29. The molecule has 0 nitrogen and oxygen atoms in total. The molecule has 0 spiro atoms. The molecular formula is C6H10ClF3S. The Morgan fingerprint density at radius 2 is 2.00 bits per heavy atom. The maximum absolute atomic E-state index is 11.8. The third-order valence-corrected chi connectivity index (χ3v) is 2.67. The van der Waals surface area contributed by atoms with Crippen LogP contribution < -0.4 is 0 Å². The molecule has 0 aromatic heterocycles. The summed E-state index contributed by atoms with van der Waals surface area (Å²) in [5, 5.41) is -1.27. The lowest BCUT2D eigenvalue weighted by atomic mass is 10.5. The van der Waals surface area contributed by atoms with Crippen LogP contribution in [0.4, 0.5) is 13.2 Å². The van der Waals surface area contributed by atoms with E-state index in [-0.39, 0.29) is 0 Å². The summed E-state index contributed by atoms with van der Waals surface area (Å²) in [5.41, 5.74) is 0. The molecule has 1 atom stereocenters. The highest BCUT2D eigenvalue weighted by molar-refractivity contribution is 7.99. The third-order valence-electron chi connectivity index (χ3n) is 1.11. The number of halogens is 4. The lowest BCUT2D eigenvalue weighted by Crippen LogP contribution is -2.22. The lowest BCUT2D eigenvalue weighted by molar-refractivity contribution is -0.125. The molecule has 0 saturated carbocycles. The van der Waals surface area contributed by atoms with Gasteiger partial charge in [-0.3, -0.25) is 0 Å². The van der Waals surface area contributed by atoms with Crippen LogP contribution in [0.25, 0.3) is 0 Å². The first kappa shape index (κ1) is 11.4. The summed E-state index contributed by atoms with van der Waals surface area (Å²) >= 11 is 6.20. The highest BCUT2D eigenvalue weighted by atomic mass is 35.5. The fourth-order valence-corrected chi connectivity index (χ4v) is 1.55. The van der Waals surface area contributed by atoms with Gasteiger partial charge in [0.1, 0.15) is 0 Å². The zero-order valence-corrected chi connectivity index (χ0v) is 7.69. The SMILES string of the molecule is CC(SCCCCl)C(F)(F)F. The quantitative estimate of drug-likeness (QED) is 0.503. The van der Waals surface area contributed by atoms with Gasteiger partial charge in [0.05, 0.1) is 5.25 Å². The zero-order chi connectivity index (χ0) is 8.91. The van der Waals surface area contributed by atoms with Gasteiger partial charge in [0, 0.05) is 5.88 Å². The summed E-state index contributed by atoms with van der Waals surface area (Å²) in [4.78, 5) is 0. The first-order chi connectivity index (χ1) is 4.98. The Morgan fingerprint density at radius 3 is 2.36 bits per heavy atom. The fraction of sp³-hybridized carbons (Fsp3) is 1.00. The Labute approximate surface area is 73.5 Å². The lowest BCUT2D eigenvalue weighted by Gasteiger charge is -2.14. The molecule has 68 valence electrons. The molecule has 0 N–H and O–H groups in total. The largest absolute Gasteiger partial charge is 0.400 e. The maximum Gasteiger partial charge on any atom is 0.400 e. The molecule has 0 amide bonds. The van der Waals surface area contributed by atoms with E-state index < -0.39 is 11.4 Å². The Morgan fingerprint density at radius 1 is 1.45 bits per heavy atom. The van der Waals surface area contributed by atoms with Gasteiger partial charge in [0.2, 0.25) is 0 Å². The van der Waals surface area contributed by atoms with Crippen LogP contribution in [0, 0.1) is 0 Å². The predicted molar refractivity (Wildman–Crippen MR) is 43.3 cm³/mol. The summed E-state index contributed by atoms with van der Waals surface area (Å²) in [6.45, 7) is 1.17. The van der Waals surface area contributed by atoms with E-state index in [1.807, 2.05) is 0 Å². The molecule has 0 aromatic carbocycles. The molecule has 0 rings (SSSR count). The normalized spacial score (nSPS) is 15.0. The van der Waals surface area contributed by atoms with Gasteiger partial charge >= 0.3 is 6.18 Å². The molecule has 0 aromatic rings. The number of rotatable bonds is 4. The van der Waals surface area contributed by atoms with Gasteiger partial charge in [-0.05, 0) is 19.1 Å². The number of thioether (sulfide) groups is 1. The van der Waals surface area contributed by atoms with E-state index in [1.54, 1.807) is 0 Å². The summed E-state index contributed by atoms with van der Waals surface area (Å²) in [5.74, 6) is 0.905. The minimum Gasteiger partial charge on any atom is -0.170 e. The predicted octanol–water partition coefficient (Wildman–Crippen LogP) is 3.30. The van der Waals surface area contributed by atoms with Crippen LogP contribution in [0.1, 0.15) is 13.3 Å². The first-order valence-electron chi connectivity index (χ1n) is 3.22. The van der Waals surface area contributed by atoms with Crippen molar-refractivity contribution in [3.63, 3.8) is 0 Å². The standard InChI is InChI=1S/C6H10ClF3S/c1-5(6(8,9)10)11-4-2-3-7/h5H,2-4H2,1H3. The summed E-state index contributed by atoms with van der Waals surface area (Å²) in [6.07, 6.45) is -3.44. The van der Waals surface area contributed by atoms with Crippen molar-refractivity contribution in [2.75, 3.05) is 11.6 Å². The topological polar surface area (TPSA) is 0 Å². The Hall–Kier alpha value is 0.430. The zero-order valence-electron chi connectivity index (χ0n) is 6.12. The van der Waals surface area contributed by atoms with Gasteiger partial charge in [-0.2, -0.15) is 13.2 Å². The van der Waals surface area contributed by atoms with Crippen molar-refractivity contribution in [2.24, 2.45) is 0 Å². The summed E-state index contributed by atoms with van der Waals surface area (Å²) in [6, 6.07) is 0. The fourth-order valence-electron chi connectivity index (χ4n) is 0.409. The van der Waals surface area contributed by atoms with E-state index in [0.717, 1.165) is 11.8 Å². The van der Waals surface area contributed by atoms with Gasteiger partial charge < -0.3 is 0 Å². The Balaban J connectivity index is 3.44. The molecule has 1 unspecified atom stereocenters. The van der Waals surface area contributed by atoms with Gasteiger partial charge in [-0.15, -0.1) is 23.4 Å². The van der Waals surface area contributed by atoms with E-state index in [4.69, 9.17) is 11.6 Å². The Bertz CT molecular complexity index is 104. The minimum atomic E-state index is -4.07. The summed E-state index contributed by atoms with van der Waals surface area (Å²) in [7, 11) is 0. The van der Waals surface area contributed by atoms with Crippen LogP contribution in [-0.2, 0) is 0 Å². The molecule has 0 aliphatic carbocycles. The molecular weight excluding hydrogens is 197 g/mol. The number of hydrogen-bond donors (Lipinski definition) is 0. The van der Waals surface area contributed by atoms with Crippen LogP contribution in [0.5, 0.6) is 0 Å². The average molecular weight is 207 g/mol. The van der Waals surface area contributed by atoms with Crippen LogP contribution in [0.2, 0.25) is 0 Å². The average Bonchev–Trinajstić information content (AvgIpc) is 1.86. The van der Waals surface area contributed by atoms with E-state index >= 15 is 0 Å². The molecule has 0 aliphatic rings. The van der Waals surface area contributed by atoms with Gasteiger partial charge in [-0.1, -0.05) is 0 Å². The van der Waals surface area contributed by atoms with Gasteiger partial charge in [0.15, 0.2) is 0 Å². The Kier molecular flexibility index (Phi) is 5.34. The van der Waals surface area contributed by atoms with Crippen LogP contribution in [-0.4, -0.2) is 23.1 Å². The van der Waals surface area contributed by atoms with Crippen molar-refractivity contribution >= 4 is 23.4 Å². The second-order valence-electron chi connectivity index (χ2n) is 2.10. The van der Waals surface area contributed by atoms with Gasteiger partial charge in [0.25, 0.3) is 0 Å². The van der Waals surface area contributed by atoms with Crippen molar-refractivity contribution in [3.8, 4) is 0 Å². The first-order valence-corrected chi connectivity index (χ1v) is 4.81. The molecule has 0 heterocycles. The van der Waals surface area contributed by atoms with E-state index in [1.165, 1.54) is 6.92 Å². The summed E-state index contributed by atoms with van der Waals surface area (Å²) < 4.78 is 35.5. The van der Waals surface area contributed by atoms with Gasteiger partial charge in [-0.25, -0.2) is 0 Å². The van der Waals surface area contributed by atoms with E-state index in [0.29, 0.717) is 18.1 Å². The molecule has 0 radical (unpaired) electrons. The van der Waals surface area contributed by atoms with Crippen LogP contribution >= 0.6 is 23.4 Å². The maximum atomic E-state index is 11.8. The molecule has 0 bridgehead atoms. The molecule has 11 heavy (non-hydrogen) atoms. The monoisotopic (exact) mass is 206 g/mol. The molecule has 5 heteroatoms. The third kappa shape index (κ3) is 5.67. The highest BCUT2D eigenvalue weighted by Gasteiger charge is 2.35. The number of hydrogen-bond acceptors (Lipinski definition) is 1. The number of alkyl halides is 4. The van der Waals surface area contributed by atoms with Crippen molar-refractivity contribution < 1.29 is 13.2 Å². The van der Waals surface area contributed by atoms with E-state index in [9.17, 15) is 13.2 Å². The second kappa shape index (κ2) is 5.14. The molecule has 0 fully saturated rings. The van der Waals surface area contributed by atoms with Crippen LogP contribution in [0.3, 0.4) is 0 Å².